The van der Waals surface area contributed by atoms with Gasteiger partial charge in [0.2, 0.25) is 5.65 Å². The highest BCUT2D eigenvalue weighted by Crippen LogP contribution is 2.35. The molecule has 0 aliphatic carbocycles. The van der Waals surface area contributed by atoms with Crippen LogP contribution in [0, 0.1) is 6.92 Å². The lowest BCUT2D eigenvalue weighted by molar-refractivity contribution is 0.0527. The average molecular weight is 489 g/mol. The molecular weight excluding hydrogens is 456 g/mol. The summed E-state index contributed by atoms with van der Waals surface area (Å²) in [6, 6.07) is 14.4. The van der Waals surface area contributed by atoms with Gasteiger partial charge in [-0.2, -0.15) is 0 Å². The second-order valence-corrected chi connectivity index (χ2v) is 9.94. The van der Waals surface area contributed by atoms with Crippen molar-refractivity contribution < 1.29 is 9.53 Å². The molecule has 10 heteroatoms. The molecule has 0 bridgehead atoms. The van der Waals surface area contributed by atoms with E-state index in [-0.39, 0.29) is 6.17 Å². The maximum Gasteiger partial charge on any atom is 0.407 e. The van der Waals surface area contributed by atoms with Crippen molar-refractivity contribution in [2.45, 2.75) is 52.3 Å². The van der Waals surface area contributed by atoms with Gasteiger partial charge in [-0.15, -0.1) is 10.2 Å². The van der Waals surface area contributed by atoms with Crippen molar-refractivity contribution in [3.8, 4) is 0 Å². The second-order valence-electron chi connectivity index (χ2n) is 9.94. The van der Waals surface area contributed by atoms with Gasteiger partial charge in [-0.25, -0.2) is 9.78 Å². The van der Waals surface area contributed by atoms with E-state index in [9.17, 15) is 4.79 Å². The molecule has 0 spiro atoms. The Morgan fingerprint density at radius 1 is 1.06 bits per heavy atom. The molecule has 2 aromatic carbocycles. The van der Waals surface area contributed by atoms with Crippen molar-refractivity contribution in [1.82, 2.24) is 24.9 Å². The molecule has 36 heavy (non-hydrogen) atoms. The molecule has 0 unspecified atom stereocenters. The van der Waals surface area contributed by atoms with E-state index in [1.807, 2.05) is 44.2 Å². The minimum Gasteiger partial charge on any atom is -0.444 e. The van der Waals surface area contributed by atoms with E-state index in [1.54, 1.807) is 0 Å². The van der Waals surface area contributed by atoms with E-state index < -0.39 is 11.7 Å². The first kappa shape index (κ1) is 23.7. The fraction of sp³-hybridized carbons (Fsp3) is 0.385. The number of aromatic nitrogens is 4. The number of unbranched alkanes of at least 4 members (excludes halogenated alkanes) is 1. The van der Waals surface area contributed by atoms with Crippen LogP contribution >= 0.6 is 0 Å². The topological polar surface area (TPSA) is 118 Å². The van der Waals surface area contributed by atoms with E-state index >= 15 is 0 Å². The van der Waals surface area contributed by atoms with E-state index in [1.165, 1.54) is 0 Å². The number of hydrogen-bond acceptors (Lipinski definition) is 8. The fourth-order valence-electron chi connectivity index (χ4n) is 4.30. The van der Waals surface area contributed by atoms with Gasteiger partial charge in [0.1, 0.15) is 17.6 Å². The summed E-state index contributed by atoms with van der Waals surface area (Å²) in [4.78, 5) is 16.7. The SMILES string of the molecule is Cc1nnc2c(NCCCCNC(=O)OC(C)(C)C)nc3cc(C4Nc5ccccc5N4)ccc3n12. The van der Waals surface area contributed by atoms with Crippen LogP contribution in [0.2, 0.25) is 0 Å². The van der Waals surface area contributed by atoms with Crippen LogP contribution in [0.5, 0.6) is 0 Å². The van der Waals surface area contributed by atoms with Crippen molar-refractivity contribution >= 4 is 40.0 Å². The number of fused-ring (bicyclic) bond motifs is 4. The number of carbonyl (C=O) groups excluding carboxylic acids is 1. The fourth-order valence-corrected chi connectivity index (χ4v) is 4.30. The second kappa shape index (κ2) is 9.52. The number of carbonyl (C=O) groups is 1. The predicted octanol–water partition coefficient (Wildman–Crippen LogP) is 4.84. The number of benzene rings is 2. The lowest BCUT2D eigenvalue weighted by atomic mass is 10.1. The van der Waals surface area contributed by atoms with Crippen molar-refractivity contribution in [2.75, 3.05) is 29.0 Å². The Morgan fingerprint density at radius 2 is 1.78 bits per heavy atom. The highest BCUT2D eigenvalue weighted by atomic mass is 16.6. The molecule has 3 heterocycles. The Bertz CT molecular complexity index is 1380. The van der Waals surface area contributed by atoms with Gasteiger partial charge in [-0.3, -0.25) is 4.40 Å². The average Bonchev–Trinajstić information content (AvgIpc) is 3.44. The Hall–Kier alpha value is -4.08. The molecule has 1 aliphatic rings. The standard InChI is InChI=1S/C26H32N8O2/c1-16-32-33-24-23(27-13-7-8-14-28-25(35)36-26(2,3)4)31-20-15-17(11-12-21(20)34(16)24)22-29-18-9-5-6-10-19(18)30-22/h5-6,9-12,15,22,29-30H,7-8,13-14H2,1-4H3,(H,27,31)(H,28,35). The molecule has 4 aromatic rings. The predicted molar refractivity (Wildman–Crippen MR) is 141 cm³/mol. The first-order valence-electron chi connectivity index (χ1n) is 12.3. The Kier molecular flexibility index (Phi) is 6.26. The first-order valence-corrected chi connectivity index (χ1v) is 12.3. The van der Waals surface area contributed by atoms with Crippen LogP contribution in [0.4, 0.5) is 22.0 Å². The minimum absolute atomic E-state index is 0.0276. The molecule has 10 nitrogen and oxygen atoms in total. The summed E-state index contributed by atoms with van der Waals surface area (Å²) in [5, 5.41) is 21.9. The Labute approximate surface area is 209 Å². The van der Waals surface area contributed by atoms with Crippen LogP contribution in [0.25, 0.3) is 16.7 Å². The van der Waals surface area contributed by atoms with Crippen molar-refractivity contribution in [3.63, 3.8) is 0 Å². The smallest absolute Gasteiger partial charge is 0.407 e. The lowest BCUT2D eigenvalue weighted by Crippen LogP contribution is -2.33. The summed E-state index contributed by atoms with van der Waals surface area (Å²) >= 11 is 0. The largest absolute Gasteiger partial charge is 0.444 e. The van der Waals surface area contributed by atoms with Crippen molar-refractivity contribution in [2.24, 2.45) is 0 Å². The number of nitrogens with zero attached hydrogens (tertiary/aromatic N) is 4. The minimum atomic E-state index is -0.497. The summed E-state index contributed by atoms with van der Waals surface area (Å²) in [6.07, 6.45) is 1.24. The van der Waals surface area contributed by atoms with E-state index in [0.717, 1.165) is 46.6 Å². The molecule has 0 fully saturated rings. The highest BCUT2D eigenvalue weighted by molar-refractivity contribution is 5.84. The van der Waals surface area contributed by atoms with Gasteiger partial charge in [-0.05, 0) is 70.4 Å². The van der Waals surface area contributed by atoms with Gasteiger partial charge in [0.05, 0.1) is 22.4 Å². The van der Waals surface area contributed by atoms with Gasteiger partial charge >= 0.3 is 6.09 Å². The summed E-state index contributed by atoms with van der Waals surface area (Å²) in [7, 11) is 0. The van der Waals surface area contributed by atoms with Crippen LogP contribution in [-0.4, -0.2) is 44.4 Å². The molecule has 0 saturated heterocycles. The number of aryl methyl sites for hydroxylation is 1. The number of alkyl carbamates (subject to hydrolysis) is 1. The molecule has 5 rings (SSSR count). The molecule has 1 aliphatic heterocycles. The van der Waals surface area contributed by atoms with Gasteiger partial charge in [-0.1, -0.05) is 18.2 Å². The van der Waals surface area contributed by atoms with Gasteiger partial charge < -0.3 is 26.0 Å². The maximum atomic E-state index is 11.8. The third-order valence-corrected chi connectivity index (χ3v) is 5.93. The third kappa shape index (κ3) is 4.98. The molecule has 2 aromatic heterocycles. The zero-order valence-electron chi connectivity index (χ0n) is 21.1. The zero-order chi connectivity index (χ0) is 25.3. The van der Waals surface area contributed by atoms with Crippen LogP contribution in [-0.2, 0) is 4.74 Å². The number of anilines is 3. The summed E-state index contributed by atoms with van der Waals surface area (Å²) in [6.45, 7) is 8.73. The van der Waals surface area contributed by atoms with E-state index in [4.69, 9.17) is 9.72 Å². The first-order chi connectivity index (χ1) is 17.3. The highest BCUT2D eigenvalue weighted by Gasteiger charge is 2.22. The number of amides is 1. The van der Waals surface area contributed by atoms with Crippen molar-refractivity contribution in [1.29, 1.82) is 0 Å². The lowest BCUT2D eigenvalue weighted by Gasteiger charge is -2.19. The maximum absolute atomic E-state index is 11.8. The van der Waals surface area contributed by atoms with Gasteiger partial charge in [0.25, 0.3) is 0 Å². The number of nitrogens with one attached hydrogen (secondary N) is 4. The quantitative estimate of drug-likeness (QED) is 0.273. The monoisotopic (exact) mass is 488 g/mol. The van der Waals surface area contributed by atoms with Gasteiger partial charge in [0.15, 0.2) is 5.82 Å². The Morgan fingerprint density at radius 3 is 2.50 bits per heavy atom. The zero-order valence-corrected chi connectivity index (χ0v) is 21.1. The van der Waals surface area contributed by atoms with Gasteiger partial charge in [0, 0.05) is 13.1 Å². The summed E-state index contributed by atoms with van der Waals surface area (Å²) in [5.74, 6) is 1.50. The molecular formula is C26H32N8O2. The van der Waals surface area contributed by atoms with E-state index in [2.05, 4.69) is 61.8 Å². The van der Waals surface area contributed by atoms with E-state index in [0.29, 0.717) is 24.6 Å². The number of para-hydroxylation sites is 2. The normalized spacial score (nSPS) is 13.3. The molecule has 0 atom stereocenters. The van der Waals surface area contributed by atoms with Crippen LogP contribution in [0.15, 0.2) is 42.5 Å². The number of rotatable bonds is 7. The molecule has 0 saturated carbocycles. The van der Waals surface area contributed by atoms with Crippen molar-refractivity contribution in [3.05, 3.63) is 53.9 Å². The molecule has 0 radical (unpaired) electrons. The molecule has 1 amide bonds. The summed E-state index contributed by atoms with van der Waals surface area (Å²) in [5.41, 5.74) is 5.28. The van der Waals surface area contributed by atoms with Crippen LogP contribution in [0.1, 0.15) is 51.2 Å². The third-order valence-electron chi connectivity index (χ3n) is 5.93. The summed E-state index contributed by atoms with van der Waals surface area (Å²) < 4.78 is 7.30. The molecule has 4 N–H and O–H groups in total. The van der Waals surface area contributed by atoms with Crippen LogP contribution < -0.4 is 21.3 Å². The number of ether oxygens (including phenoxy) is 1. The van der Waals surface area contributed by atoms with Crippen LogP contribution in [0.3, 0.4) is 0 Å². The Balaban J connectivity index is 1.28. The molecule has 188 valence electrons. The number of hydrogen-bond donors (Lipinski definition) is 4.